The van der Waals surface area contributed by atoms with Crippen molar-refractivity contribution >= 4 is 11.5 Å². The fourth-order valence-corrected chi connectivity index (χ4v) is 3.65. The Morgan fingerprint density at radius 1 is 1.37 bits per heavy atom. The second kappa shape index (κ2) is 7.87. The van der Waals surface area contributed by atoms with Gasteiger partial charge in [-0.15, -0.1) is 0 Å². The molecule has 152 valence electrons. The number of nitriles is 1. The summed E-state index contributed by atoms with van der Waals surface area (Å²) < 4.78 is 1.68. The molecule has 3 aromatic heterocycles. The normalized spacial score (nSPS) is 18.8. The van der Waals surface area contributed by atoms with Gasteiger partial charge in [-0.2, -0.15) is 10.4 Å². The van der Waals surface area contributed by atoms with Crippen molar-refractivity contribution in [3.05, 3.63) is 64.0 Å². The zero-order chi connectivity index (χ0) is 21.3. The predicted molar refractivity (Wildman–Crippen MR) is 109 cm³/mol. The van der Waals surface area contributed by atoms with E-state index in [1.54, 1.807) is 35.4 Å². The molecule has 4 rings (SSSR count). The van der Waals surface area contributed by atoms with E-state index in [0.29, 0.717) is 5.82 Å². The Kier molecular flexibility index (Phi) is 5.10. The van der Waals surface area contributed by atoms with E-state index in [9.17, 15) is 10.1 Å². The van der Waals surface area contributed by atoms with Gasteiger partial charge < -0.3 is 10.3 Å². The summed E-state index contributed by atoms with van der Waals surface area (Å²) in [6.07, 6.45) is 8.73. The molecule has 10 nitrogen and oxygen atoms in total. The molecular formula is C20H21N9O. The van der Waals surface area contributed by atoms with E-state index in [2.05, 4.69) is 30.4 Å². The molecule has 1 saturated carbocycles. The second-order valence-corrected chi connectivity index (χ2v) is 7.37. The molecule has 0 spiro atoms. The standard InChI is InChI=1S/C20H21N9O/c1-11(12-9-25-29(2)10-12)26-19-16(15(22)8-21)20(30)28-18(27-19)14-5-4-13(14)17-23-6-3-7-24-17/h3,6-7,9-11,13-14,22H,4-5H2,1-2H3,(H2,26,27,28,30). The van der Waals surface area contributed by atoms with Crippen molar-refractivity contribution in [1.82, 2.24) is 29.7 Å². The van der Waals surface area contributed by atoms with Gasteiger partial charge in [-0.25, -0.2) is 15.0 Å². The first-order valence-corrected chi connectivity index (χ1v) is 9.63. The second-order valence-electron chi connectivity index (χ2n) is 7.37. The number of anilines is 1. The van der Waals surface area contributed by atoms with Crippen molar-refractivity contribution in [3.8, 4) is 6.07 Å². The minimum Gasteiger partial charge on any atom is -0.363 e. The fourth-order valence-electron chi connectivity index (χ4n) is 3.65. The van der Waals surface area contributed by atoms with Crippen LogP contribution >= 0.6 is 0 Å². The number of hydrogen-bond donors (Lipinski definition) is 3. The highest BCUT2D eigenvalue weighted by molar-refractivity contribution is 6.12. The molecule has 3 unspecified atom stereocenters. The van der Waals surface area contributed by atoms with Crippen molar-refractivity contribution < 1.29 is 0 Å². The summed E-state index contributed by atoms with van der Waals surface area (Å²) in [5.74, 6) is 1.50. The molecule has 0 radical (unpaired) electrons. The van der Waals surface area contributed by atoms with Gasteiger partial charge in [0.1, 0.15) is 34.8 Å². The van der Waals surface area contributed by atoms with Gasteiger partial charge in [0.2, 0.25) is 0 Å². The van der Waals surface area contributed by atoms with E-state index in [1.807, 2.05) is 20.2 Å². The van der Waals surface area contributed by atoms with E-state index in [0.717, 1.165) is 24.2 Å². The molecule has 1 aliphatic carbocycles. The number of nitrogens with zero attached hydrogens (tertiary/aromatic N) is 6. The maximum atomic E-state index is 12.8. The van der Waals surface area contributed by atoms with Crippen LogP contribution in [0, 0.1) is 16.7 Å². The van der Waals surface area contributed by atoms with Crippen LogP contribution in [-0.2, 0) is 7.05 Å². The van der Waals surface area contributed by atoms with Crippen LogP contribution in [0.4, 0.5) is 5.82 Å². The first kappa shape index (κ1) is 19.4. The third kappa shape index (κ3) is 3.57. The quantitative estimate of drug-likeness (QED) is 0.533. The van der Waals surface area contributed by atoms with Crippen molar-refractivity contribution in [1.29, 1.82) is 10.7 Å². The van der Waals surface area contributed by atoms with Crippen LogP contribution in [0.5, 0.6) is 0 Å². The van der Waals surface area contributed by atoms with Gasteiger partial charge in [0.15, 0.2) is 0 Å². The molecule has 3 heterocycles. The van der Waals surface area contributed by atoms with Gasteiger partial charge in [0, 0.05) is 43.0 Å². The Bertz CT molecular complexity index is 1170. The van der Waals surface area contributed by atoms with E-state index in [-0.39, 0.29) is 29.3 Å². The third-order valence-electron chi connectivity index (χ3n) is 5.42. The summed E-state index contributed by atoms with van der Waals surface area (Å²) in [4.78, 5) is 28.9. The molecule has 3 atom stereocenters. The lowest BCUT2D eigenvalue weighted by Crippen LogP contribution is -2.30. The van der Waals surface area contributed by atoms with Gasteiger partial charge in [-0.1, -0.05) is 0 Å². The highest BCUT2D eigenvalue weighted by Crippen LogP contribution is 2.46. The van der Waals surface area contributed by atoms with Crippen molar-refractivity contribution in [2.75, 3.05) is 5.32 Å². The minimum atomic E-state index is -0.507. The largest absolute Gasteiger partial charge is 0.363 e. The number of nitrogens with one attached hydrogen (secondary N) is 3. The van der Waals surface area contributed by atoms with Gasteiger partial charge in [0.25, 0.3) is 5.56 Å². The number of aromatic amines is 1. The first-order valence-electron chi connectivity index (χ1n) is 9.63. The van der Waals surface area contributed by atoms with Gasteiger partial charge in [-0.05, 0) is 25.8 Å². The Morgan fingerprint density at radius 3 is 2.70 bits per heavy atom. The van der Waals surface area contributed by atoms with Gasteiger partial charge >= 0.3 is 0 Å². The molecule has 0 aliphatic heterocycles. The van der Waals surface area contributed by atoms with E-state index < -0.39 is 11.3 Å². The van der Waals surface area contributed by atoms with Crippen molar-refractivity contribution in [2.45, 2.75) is 37.6 Å². The summed E-state index contributed by atoms with van der Waals surface area (Å²) in [5.41, 5.74) is -0.113. The molecular weight excluding hydrogens is 382 g/mol. The number of hydrogen-bond acceptors (Lipinski definition) is 8. The first-order chi connectivity index (χ1) is 14.5. The number of aromatic nitrogens is 6. The van der Waals surface area contributed by atoms with E-state index in [4.69, 9.17) is 5.41 Å². The molecule has 3 N–H and O–H groups in total. The molecule has 0 saturated heterocycles. The summed E-state index contributed by atoms with van der Waals surface area (Å²) in [7, 11) is 1.82. The zero-order valence-corrected chi connectivity index (χ0v) is 16.6. The van der Waals surface area contributed by atoms with E-state index in [1.165, 1.54) is 0 Å². The SMILES string of the molecule is CC(Nc1nc(C2CCC2c2ncccn2)[nH]c(=O)c1C(=N)C#N)c1cnn(C)c1. The molecule has 10 heteroatoms. The smallest absolute Gasteiger partial charge is 0.263 e. The Morgan fingerprint density at radius 2 is 2.10 bits per heavy atom. The van der Waals surface area contributed by atoms with Crippen molar-refractivity contribution in [2.24, 2.45) is 7.05 Å². The topological polar surface area (TPSA) is 149 Å². The average Bonchev–Trinajstić information content (AvgIpc) is 3.14. The maximum Gasteiger partial charge on any atom is 0.263 e. The Labute approximate surface area is 172 Å². The van der Waals surface area contributed by atoms with Crippen LogP contribution in [0.3, 0.4) is 0 Å². The third-order valence-corrected chi connectivity index (χ3v) is 5.42. The van der Waals surface area contributed by atoms with Crippen LogP contribution < -0.4 is 10.9 Å². The molecule has 0 bridgehead atoms. The molecule has 0 aromatic carbocycles. The van der Waals surface area contributed by atoms with E-state index >= 15 is 0 Å². The monoisotopic (exact) mass is 403 g/mol. The lowest BCUT2D eigenvalue weighted by Gasteiger charge is -2.34. The summed E-state index contributed by atoms with van der Waals surface area (Å²) >= 11 is 0. The minimum absolute atomic E-state index is 0.0281. The lowest BCUT2D eigenvalue weighted by atomic mass is 9.72. The van der Waals surface area contributed by atoms with Crippen LogP contribution in [0.2, 0.25) is 0 Å². The predicted octanol–water partition coefficient (Wildman–Crippen LogP) is 2.02. The molecule has 0 amide bonds. The lowest BCUT2D eigenvalue weighted by molar-refractivity contribution is 0.318. The fraction of sp³-hybridized carbons (Fsp3) is 0.350. The molecule has 30 heavy (non-hydrogen) atoms. The zero-order valence-electron chi connectivity index (χ0n) is 16.6. The van der Waals surface area contributed by atoms with Crippen LogP contribution in [0.1, 0.15) is 60.4 Å². The molecule has 3 aromatic rings. The number of aryl methyl sites for hydroxylation is 1. The average molecular weight is 403 g/mol. The maximum absolute atomic E-state index is 12.8. The van der Waals surface area contributed by atoms with Gasteiger partial charge in [-0.3, -0.25) is 14.9 Å². The molecule has 1 aliphatic rings. The summed E-state index contributed by atoms with van der Waals surface area (Å²) in [6.45, 7) is 1.91. The number of H-pyrrole nitrogens is 1. The van der Waals surface area contributed by atoms with Crippen LogP contribution in [0.25, 0.3) is 0 Å². The molecule has 1 fully saturated rings. The van der Waals surface area contributed by atoms with Crippen LogP contribution in [0.15, 0.2) is 35.6 Å². The van der Waals surface area contributed by atoms with Crippen molar-refractivity contribution in [3.63, 3.8) is 0 Å². The Hall–Kier alpha value is -3.87. The Balaban J connectivity index is 1.70. The summed E-state index contributed by atoms with van der Waals surface area (Å²) in [6, 6.07) is 3.28. The number of rotatable bonds is 6. The van der Waals surface area contributed by atoms with Gasteiger partial charge in [0.05, 0.1) is 12.2 Å². The highest BCUT2D eigenvalue weighted by atomic mass is 16.1. The highest BCUT2D eigenvalue weighted by Gasteiger charge is 2.37. The van der Waals surface area contributed by atoms with Crippen LogP contribution in [-0.4, -0.2) is 35.4 Å². The summed E-state index contributed by atoms with van der Waals surface area (Å²) in [5, 5.41) is 24.5.